The molecule has 2 rings (SSSR count). The van der Waals surface area contributed by atoms with E-state index in [1.807, 2.05) is 19.9 Å². The summed E-state index contributed by atoms with van der Waals surface area (Å²) in [6, 6.07) is 5.36. The van der Waals surface area contributed by atoms with Crippen molar-refractivity contribution in [2.75, 3.05) is 0 Å². The van der Waals surface area contributed by atoms with Gasteiger partial charge in [-0.1, -0.05) is 26.0 Å². The molecule has 1 unspecified atom stereocenters. The van der Waals surface area contributed by atoms with Crippen LogP contribution in [0.3, 0.4) is 0 Å². The number of carbonyl (C=O) groups excluding carboxylic acids is 1. The van der Waals surface area contributed by atoms with Gasteiger partial charge in [-0.25, -0.2) is 0 Å². The minimum absolute atomic E-state index is 0.134. The second-order valence-corrected chi connectivity index (χ2v) is 5.35. The Morgan fingerprint density at radius 2 is 2.00 bits per heavy atom. The van der Waals surface area contributed by atoms with Crippen molar-refractivity contribution in [2.24, 2.45) is 5.41 Å². The lowest BCUT2D eigenvalue weighted by atomic mass is 9.54. The summed E-state index contributed by atoms with van der Waals surface area (Å²) in [4.78, 5) is 22.6. The lowest BCUT2D eigenvalue weighted by Crippen LogP contribution is -2.47. The van der Waals surface area contributed by atoms with Crippen molar-refractivity contribution in [3.63, 3.8) is 0 Å². The zero-order valence-electron chi connectivity index (χ0n) is 11.6. The molecule has 1 aromatic rings. The first kappa shape index (κ1) is 13.7. The summed E-state index contributed by atoms with van der Waals surface area (Å²) in [5.74, 6) is 0.431. The van der Waals surface area contributed by atoms with Crippen molar-refractivity contribution in [1.29, 1.82) is 0 Å². The number of nitro benzene ring substituents is 1. The highest BCUT2D eigenvalue weighted by atomic mass is 16.6. The smallest absolute Gasteiger partial charge is 0.272 e. The van der Waals surface area contributed by atoms with Crippen LogP contribution in [0.15, 0.2) is 18.2 Å². The van der Waals surface area contributed by atoms with E-state index in [-0.39, 0.29) is 21.9 Å². The standard InChI is InChI=1S/C15H19NO3/c1-4-15(5-2)12(9-14(15)17)11-7-6-10(3)13(8-11)16(18)19/h6-8,12H,4-5,9H2,1-3H3. The average molecular weight is 261 g/mol. The number of Topliss-reactive ketones (excluding diaryl/α,β-unsaturated/α-hetero) is 1. The highest BCUT2D eigenvalue weighted by Gasteiger charge is 2.52. The Balaban J connectivity index is 2.41. The quantitative estimate of drug-likeness (QED) is 0.612. The summed E-state index contributed by atoms with van der Waals surface area (Å²) in [7, 11) is 0. The summed E-state index contributed by atoms with van der Waals surface area (Å²) in [6.45, 7) is 5.78. The minimum Gasteiger partial charge on any atom is -0.299 e. The van der Waals surface area contributed by atoms with Crippen molar-refractivity contribution in [3.05, 3.63) is 39.4 Å². The van der Waals surface area contributed by atoms with Gasteiger partial charge >= 0.3 is 0 Å². The predicted octanol–water partition coefficient (Wildman–Crippen LogP) is 3.77. The van der Waals surface area contributed by atoms with Gasteiger partial charge in [0.1, 0.15) is 5.78 Å². The summed E-state index contributed by atoms with van der Waals surface area (Å²) < 4.78 is 0. The molecule has 0 radical (unpaired) electrons. The number of rotatable bonds is 4. The van der Waals surface area contributed by atoms with Gasteiger partial charge in [-0.05, 0) is 25.3 Å². The highest BCUT2D eigenvalue weighted by molar-refractivity contribution is 5.93. The van der Waals surface area contributed by atoms with Crippen molar-refractivity contribution in [2.45, 2.75) is 46.0 Å². The molecule has 0 bridgehead atoms. The molecular weight excluding hydrogens is 242 g/mol. The zero-order valence-corrected chi connectivity index (χ0v) is 11.6. The van der Waals surface area contributed by atoms with E-state index in [0.29, 0.717) is 17.8 Å². The monoisotopic (exact) mass is 261 g/mol. The first-order valence-electron chi connectivity index (χ1n) is 6.74. The molecule has 102 valence electrons. The third kappa shape index (κ3) is 1.95. The Morgan fingerprint density at radius 3 is 2.47 bits per heavy atom. The Bertz CT molecular complexity index is 532. The molecule has 19 heavy (non-hydrogen) atoms. The van der Waals surface area contributed by atoms with E-state index in [4.69, 9.17) is 0 Å². The number of nitro groups is 1. The number of nitrogens with zero attached hydrogens (tertiary/aromatic N) is 1. The Morgan fingerprint density at radius 1 is 1.37 bits per heavy atom. The number of ketones is 1. The fraction of sp³-hybridized carbons (Fsp3) is 0.533. The molecule has 4 heteroatoms. The first-order chi connectivity index (χ1) is 8.96. The minimum atomic E-state index is -0.348. The van der Waals surface area contributed by atoms with Crippen molar-refractivity contribution in [1.82, 2.24) is 0 Å². The topological polar surface area (TPSA) is 60.2 Å². The maximum atomic E-state index is 12.0. The van der Waals surface area contributed by atoms with Crippen LogP contribution in [0.5, 0.6) is 0 Å². The van der Waals surface area contributed by atoms with Crippen LogP contribution in [0.4, 0.5) is 5.69 Å². The van der Waals surface area contributed by atoms with Crippen LogP contribution in [-0.2, 0) is 4.79 Å². The summed E-state index contributed by atoms with van der Waals surface area (Å²) in [6.07, 6.45) is 2.12. The lowest BCUT2D eigenvalue weighted by molar-refractivity contribution is -0.385. The first-order valence-corrected chi connectivity index (χ1v) is 6.74. The van der Waals surface area contributed by atoms with E-state index in [1.54, 1.807) is 19.1 Å². The lowest BCUT2D eigenvalue weighted by Gasteiger charge is -2.47. The maximum Gasteiger partial charge on any atom is 0.272 e. The number of hydrogen-bond acceptors (Lipinski definition) is 3. The Kier molecular flexibility index (Phi) is 3.43. The van der Waals surface area contributed by atoms with Crippen LogP contribution >= 0.6 is 0 Å². The second kappa shape index (κ2) is 4.76. The van der Waals surface area contributed by atoms with E-state index in [0.717, 1.165) is 18.4 Å². The molecule has 0 N–H and O–H groups in total. The van der Waals surface area contributed by atoms with Crippen molar-refractivity contribution in [3.8, 4) is 0 Å². The SMILES string of the molecule is CCC1(CC)C(=O)CC1c1ccc(C)c([N+](=O)[O-])c1. The molecule has 1 aliphatic rings. The molecule has 1 aromatic carbocycles. The molecule has 0 saturated heterocycles. The number of hydrogen-bond donors (Lipinski definition) is 0. The Labute approximate surface area is 113 Å². The molecule has 0 amide bonds. The van der Waals surface area contributed by atoms with Gasteiger partial charge in [0.15, 0.2) is 0 Å². The fourth-order valence-corrected chi connectivity index (χ4v) is 3.26. The van der Waals surface area contributed by atoms with Crippen LogP contribution in [0, 0.1) is 22.5 Å². The van der Waals surface area contributed by atoms with Gasteiger partial charge in [0.2, 0.25) is 0 Å². The van der Waals surface area contributed by atoms with Gasteiger partial charge in [-0.3, -0.25) is 14.9 Å². The van der Waals surface area contributed by atoms with Gasteiger partial charge in [0, 0.05) is 29.4 Å². The molecule has 1 saturated carbocycles. The molecule has 1 fully saturated rings. The van der Waals surface area contributed by atoms with Crippen LogP contribution in [0.2, 0.25) is 0 Å². The van der Waals surface area contributed by atoms with Gasteiger partial charge in [0.05, 0.1) is 4.92 Å². The fourth-order valence-electron chi connectivity index (χ4n) is 3.26. The molecule has 0 heterocycles. The Hall–Kier alpha value is -1.71. The number of benzene rings is 1. The number of aryl methyl sites for hydroxylation is 1. The van der Waals surface area contributed by atoms with Gasteiger partial charge in [0.25, 0.3) is 5.69 Å². The second-order valence-electron chi connectivity index (χ2n) is 5.35. The predicted molar refractivity (Wildman–Crippen MR) is 73.2 cm³/mol. The molecule has 4 nitrogen and oxygen atoms in total. The van der Waals surface area contributed by atoms with Gasteiger partial charge in [-0.15, -0.1) is 0 Å². The van der Waals surface area contributed by atoms with Crippen LogP contribution in [0.1, 0.15) is 50.2 Å². The molecule has 1 atom stereocenters. The third-order valence-corrected chi connectivity index (χ3v) is 4.71. The van der Waals surface area contributed by atoms with Gasteiger partial charge in [-0.2, -0.15) is 0 Å². The molecule has 0 aliphatic heterocycles. The summed E-state index contributed by atoms with van der Waals surface area (Å²) >= 11 is 0. The molecular formula is C15H19NO3. The highest BCUT2D eigenvalue weighted by Crippen LogP contribution is 2.54. The van der Waals surface area contributed by atoms with Crippen LogP contribution < -0.4 is 0 Å². The van der Waals surface area contributed by atoms with E-state index in [2.05, 4.69) is 0 Å². The van der Waals surface area contributed by atoms with E-state index in [1.165, 1.54) is 0 Å². The number of carbonyl (C=O) groups is 1. The third-order valence-electron chi connectivity index (χ3n) is 4.71. The largest absolute Gasteiger partial charge is 0.299 e. The average Bonchev–Trinajstić information content (AvgIpc) is 2.38. The molecule has 0 spiro atoms. The van der Waals surface area contributed by atoms with Crippen LogP contribution in [0.25, 0.3) is 0 Å². The summed E-state index contributed by atoms with van der Waals surface area (Å²) in [5.41, 5.74) is 1.44. The van der Waals surface area contributed by atoms with Gasteiger partial charge < -0.3 is 0 Å². The van der Waals surface area contributed by atoms with Crippen molar-refractivity contribution < 1.29 is 9.72 Å². The van der Waals surface area contributed by atoms with E-state index in [9.17, 15) is 14.9 Å². The normalized spacial score (nSPS) is 21.0. The zero-order chi connectivity index (χ0) is 14.2. The van der Waals surface area contributed by atoms with Crippen LogP contribution in [-0.4, -0.2) is 10.7 Å². The summed E-state index contributed by atoms with van der Waals surface area (Å²) in [5, 5.41) is 11.0. The van der Waals surface area contributed by atoms with Crippen molar-refractivity contribution >= 4 is 11.5 Å². The van der Waals surface area contributed by atoms with E-state index >= 15 is 0 Å². The molecule has 1 aliphatic carbocycles. The molecule has 0 aromatic heterocycles. The van der Waals surface area contributed by atoms with E-state index < -0.39 is 0 Å². The maximum absolute atomic E-state index is 12.0.